The third-order valence-corrected chi connectivity index (χ3v) is 2.65. The van der Waals surface area contributed by atoms with E-state index < -0.39 is 0 Å². The Morgan fingerprint density at radius 1 is 1.53 bits per heavy atom. The van der Waals surface area contributed by atoms with E-state index in [0.29, 0.717) is 22.2 Å². The molecule has 0 aliphatic heterocycles. The fourth-order valence-corrected chi connectivity index (χ4v) is 1.79. The van der Waals surface area contributed by atoms with Gasteiger partial charge in [-0.3, -0.25) is 0 Å². The lowest BCUT2D eigenvalue weighted by Gasteiger charge is -2.11. The van der Waals surface area contributed by atoms with Gasteiger partial charge in [0.25, 0.3) is 0 Å². The van der Waals surface area contributed by atoms with Crippen LogP contribution in [-0.4, -0.2) is 13.2 Å². The van der Waals surface area contributed by atoms with Crippen LogP contribution in [0.15, 0.2) is 16.6 Å². The zero-order chi connectivity index (χ0) is 11.4. The molecule has 0 amide bonds. The van der Waals surface area contributed by atoms with Gasteiger partial charge in [0.15, 0.2) is 0 Å². The molecule has 0 bridgehead atoms. The number of nitrogens with two attached hydrogens (primary N) is 1. The SMILES string of the molecule is COc1cc(Br)cc(F)c1CCC(C)N. The predicted octanol–water partition coefficient (Wildman–Crippen LogP) is 2.88. The summed E-state index contributed by atoms with van der Waals surface area (Å²) in [6.07, 6.45) is 1.34. The summed E-state index contributed by atoms with van der Waals surface area (Å²) in [5.41, 5.74) is 6.23. The first kappa shape index (κ1) is 12.5. The summed E-state index contributed by atoms with van der Waals surface area (Å²) in [6.45, 7) is 1.91. The van der Waals surface area contributed by atoms with Crippen LogP contribution in [0.4, 0.5) is 4.39 Å². The minimum Gasteiger partial charge on any atom is -0.496 e. The molecule has 1 atom stereocenters. The Kier molecular flexibility index (Phi) is 4.54. The number of halogens is 2. The van der Waals surface area contributed by atoms with Crippen LogP contribution in [0.2, 0.25) is 0 Å². The number of benzene rings is 1. The topological polar surface area (TPSA) is 35.2 Å². The van der Waals surface area contributed by atoms with Crippen molar-refractivity contribution in [2.45, 2.75) is 25.8 Å². The molecule has 0 saturated carbocycles. The van der Waals surface area contributed by atoms with Crippen LogP contribution in [0.1, 0.15) is 18.9 Å². The van der Waals surface area contributed by atoms with Gasteiger partial charge in [-0.1, -0.05) is 15.9 Å². The molecule has 0 saturated heterocycles. The lowest BCUT2D eigenvalue weighted by Crippen LogP contribution is -2.16. The van der Waals surface area contributed by atoms with Gasteiger partial charge in [-0.25, -0.2) is 4.39 Å². The van der Waals surface area contributed by atoms with E-state index in [1.54, 1.807) is 6.07 Å². The van der Waals surface area contributed by atoms with Gasteiger partial charge >= 0.3 is 0 Å². The highest BCUT2D eigenvalue weighted by molar-refractivity contribution is 9.10. The Hall–Kier alpha value is -0.610. The highest BCUT2D eigenvalue weighted by atomic mass is 79.9. The van der Waals surface area contributed by atoms with Gasteiger partial charge in [0, 0.05) is 16.1 Å². The van der Waals surface area contributed by atoms with E-state index in [0.717, 1.165) is 6.42 Å². The molecule has 15 heavy (non-hydrogen) atoms. The van der Waals surface area contributed by atoms with E-state index in [1.165, 1.54) is 13.2 Å². The molecule has 0 aliphatic rings. The largest absolute Gasteiger partial charge is 0.496 e. The molecular weight excluding hydrogens is 261 g/mol. The first-order valence-electron chi connectivity index (χ1n) is 4.82. The summed E-state index contributed by atoms with van der Waals surface area (Å²) in [4.78, 5) is 0. The first-order valence-corrected chi connectivity index (χ1v) is 5.61. The van der Waals surface area contributed by atoms with Crippen LogP contribution in [0, 0.1) is 5.82 Å². The second-order valence-electron chi connectivity index (χ2n) is 3.58. The van der Waals surface area contributed by atoms with Crippen molar-refractivity contribution in [3.8, 4) is 5.75 Å². The maximum absolute atomic E-state index is 13.6. The van der Waals surface area contributed by atoms with E-state index in [4.69, 9.17) is 10.5 Å². The van der Waals surface area contributed by atoms with Gasteiger partial charge in [0.1, 0.15) is 11.6 Å². The third-order valence-electron chi connectivity index (χ3n) is 2.19. The summed E-state index contributed by atoms with van der Waals surface area (Å²) in [6, 6.07) is 3.27. The van der Waals surface area contributed by atoms with Gasteiger partial charge in [0.2, 0.25) is 0 Å². The number of hydrogen-bond acceptors (Lipinski definition) is 2. The number of methoxy groups -OCH3 is 1. The van der Waals surface area contributed by atoms with Crippen LogP contribution in [-0.2, 0) is 6.42 Å². The van der Waals surface area contributed by atoms with E-state index in [1.807, 2.05) is 6.92 Å². The number of rotatable bonds is 4. The van der Waals surface area contributed by atoms with Crippen LogP contribution in [0.5, 0.6) is 5.75 Å². The number of ether oxygens (including phenoxy) is 1. The molecule has 1 aromatic rings. The average Bonchev–Trinajstić information content (AvgIpc) is 2.14. The van der Waals surface area contributed by atoms with Crippen molar-refractivity contribution in [1.82, 2.24) is 0 Å². The Labute approximate surface area is 97.7 Å². The van der Waals surface area contributed by atoms with Crippen LogP contribution >= 0.6 is 15.9 Å². The highest BCUT2D eigenvalue weighted by Gasteiger charge is 2.11. The molecule has 4 heteroatoms. The summed E-state index contributed by atoms with van der Waals surface area (Å²) in [5.74, 6) is 0.324. The molecule has 0 fully saturated rings. The minimum atomic E-state index is -0.248. The zero-order valence-corrected chi connectivity index (χ0v) is 10.5. The smallest absolute Gasteiger partial charge is 0.131 e. The van der Waals surface area contributed by atoms with E-state index >= 15 is 0 Å². The van der Waals surface area contributed by atoms with Gasteiger partial charge < -0.3 is 10.5 Å². The van der Waals surface area contributed by atoms with Crippen LogP contribution < -0.4 is 10.5 Å². The summed E-state index contributed by atoms with van der Waals surface area (Å²) >= 11 is 3.22. The third kappa shape index (κ3) is 3.47. The lowest BCUT2D eigenvalue weighted by molar-refractivity contribution is 0.402. The van der Waals surface area contributed by atoms with Gasteiger partial charge in [0.05, 0.1) is 7.11 Å². The van der Waals surface area contributed by atoms with Crippen molar-refractivity contribution in [1.29, 1.82) is 0 Å². The predicted molar refractivity (Wildman–Crippen MR) is 62.6 cm³/mol. The molecule has 1 rings (SSSR count). The molecule has 0 spiro atoms. The molecule has 84 valence electrons. The molecule has 1 unspecified atom stereocenters. The number of hydrogen-bond donors (Lipinski definition) is 1. The maximum atomic E-state index is 13.6. The zero-order valence-electron chi connectivity index (χ0n) is 8.89. The standard InChI is InChI=1S/C11H15BrFNO/c1-7(14)3-4-9-10(13)5-8(12)6-11(9)15-2/h5-7H,3-4,14H2,1-2H3. The molecule has 1 aromatic carbocycles. The molecule has 0 aliphatic carbocycles. The molecule has 2 N–H and O–H groups in total. The summed E-state index contributed by atoms with van der Waals surface area (Å²) in [5, 5.41) is 0. The monoisotopic (exact) mass is 275 g/mol. The van der Waals surface area contributed by atoms with Crippen molar-refractivity contribution < 1.29 is 9.13 Å². The van der Waals surface area contributed by atoms with Crippen LogP contribution in [0.3, 0.4) is 0 Å². The normalized spacial score (nSPS) is 12.6. The van der Waals surface area contributed by atoms with Crippen molar-refractivity contribution >= 4 is 15.9 Å². The molecule has 0 aromatic heterocycles. The molecule has 0 heterocycles. The molecule has 0 radical (unpaired) electrons. The highest BCUT2D eigenvalue weighted by Crippen LogP contribution is 2.27. The Bertz CT molecular complexity index is 342. The average molecular weight is 276 g/mol. The fraction of sp³-hybridized carbons (Fsp3) is 0.455. The van der Waals surface area contributed by atoms with E-state index in [9.17, 15) is 4.39 Å². The van der Waals surface area contributed by atoms with Crippen molar-refractivity contribution in [3.63, 3.8) is 0 Å². The summed E-state index contributed by atoms with van der Waals surface area (Å²) in [7, 11) is 1.54. The minimum absolute atomic E-state index is 0.0674. The molecule has 2 nitrogen and oxygen atoms in total. The molecular formula is C11H15BrFNO. The van der Waals surface area contributed by atoms with E-state index in [-0.39, 0.29) is 11.9 Å². The fourth-order valence-electron chi connectivity index (χ4n) is 1.38. The van der Waals surface area contributed by atoms with Crippen molar-refractivity contribution in [2.75, 3.05) is 7.11 Å². The second-order valence-corrected chi connectivity index (χ2v) is 4.50. The maximum Gasteiger partial charge on any atom is 0.131 e. The van der Waals surface area contributed by atoms with Gasteiger partial charge in [-0.2, -0.15) is 0 Å². The van der Waals surface area contributed by atoms with Gasteiger partial charge in [-0.05, 0) is 31.9 Å². The van der Waals surface area contributed by atoms with E-state index in [2.05, 4.69) is 15.9 Å². The first-order chi connectivity index (χ1) is 7.04. The Balaban J connectivity index is 2.93. The van der Waals surface area contributed by atoms with Gasteiger partial charge in [-0.15, -0.1) is 0 Å². The van der Waals surface area contributed by atoms with Crippen LogP contribution in [0.25, 0.3) is 0 Å². The summed E-state index contributed by atoms with van der Waals surface area (Å²) < 4.78 is 19.4. The Morgan fingerprint density at radius 3 is 2.73 bits per heavy atom. The van der Waals surface area contributed by atoms with Crippen molar-refractivity contribution in [3.05, 3.63) is 28.0 Å². The lowest BCUT2D eigenvalue weighted by atomic mass is 10.1. The Morgan fingerprint density at radius 2 is 2.20 bits per heavy atom. The second kappa shape index (κ2) is 5.47. The quantitative estimate of drug-likeness (QED) is 0.917. The van der Waals surface area contributed by atoms with Crippen molar-refractivity contribution in [2.24, 2.45) is 5.73 Å².